The maximum absolute atomic E-state index is 13.8. The van der Waals surface area contributed by atoms with Gasteiger partial charge in [-0.15, -0.1) is 0 Å². The molecule has 7 nitrogen and oxygen atoms in total. The van der Waals surface area contributed by atoms with E-state index >= 15 is 0 Å². The van der Waals surface area contributed by atoms with Gasteiger partial charge in [-0.05, 0) is 29.8 Å². The Balaban J connectivity index is 1.81. The fourth-order valence-electron chi connectivity index (χ4n) is 3.28. The van der Waals surface area contributed by atoms with Crippen LogP contribution in [0.1, 0.15) is 5.56 Å². The van der Waals surface area contributed by atoms with Crippen molar-refractivity contribution < 1.29 is 40.9 Å². The van der Waals surface area contributed by atoms with Crippen molar-refractivity contribution in [3.05, 3.63) is 65.3 Å². The number of β-amino-alcohol motifs (C(OH)–C–C–N with tert-alkyl or cyclic N) is 1. The summed E-state index contributed by atoms with van der Waals surface area (Å²) < 4.78 is 83.6. The van der Waals surface area contributed by atoms with Gasteiger partial charge in [0.2, 0.25) is 15.7 Å². The van der Waals surface area contributed by atoms with E-state index in [2.05, 4.69) is 4.85 Å². The fourth-order valence-corrected chi connectivity index (χ4v) is 4.79. The van der Waals surface area contributed by atoms with Crippen LogP contribution in [0.5, 0.6) is 5.75 Å². The first-order valence-corrected chi connectivity index (χ1v) is 10.6. The van der Waals surface area contributed by atoms with E-state index in [1.54, 1.807) is 0 Å². The van der Waals surface area contributed by atoms with E-state index in [1.807, 2.05) is 0 Å². The molecule has 1 aliphatic heterocycles. The van der Waals surface area contributed by atoms with Gasteiger partial charge in [0.05, 0.1) is 31.0 Å². The standard InChI is InChI=1S/C20H18F4N2O5S/c1-25-17-7-4-14(8-16(17)21)31-18-10-26(11-19(18,28)12-27)32(29,30)15-5-2-13(3-6-15)9-20(22,23)24/h2-8,18,27-28H,9-12H2/t18-,19+/m0/s1. The maximum Gasteiger partial charge on any atom is 0.393 e. The van der Waals surface area contributed by atoms with Gasteiger partial charge in [0.15, 0.2) is 0 Å². The van der Waals surface area contributed by atoms with Crippen molar-refractivity contribution in [3.8, 4) is 5.75 Å². The average Bonchev–Trinajstić information content (AvgIpc) is 3.05. The molecule has 2 aromatic rings. The topological polar surface area (TPSA) is 91.4 Å². The Hall–Kier alpha value is -2.72. The second-order valence-electron chi connectivity index (χ2n) is 7.33. The van der Waals surface area contributed by atoms with Crippen LogP contribution in [0, 0.1) is 12.4 Å². The summed E-state index contributed by atoms with van der Waals surface area (Å²) in [4.78, 5) is 2.68. The highest BCUT2D eigenvalue weighted by Crippen LogP contribution is 2.32. The highest BCUT2D eigenvalue weighted by molar-refractivity contribution is 7.89. The molecule has 2 aromatic carbocycles. The minimum Gasteiger partial charge on any atom is -0.486 e. The molecular formula is C20H18F4N2O5S. The molecule has 0 saturated carbocycles. The Bertz CT molecular complexity index is 1130. The lowest BCUT2D eigenvalue weighted by Crippen LogP contribution is -2.48. The number of ether oxygens (including phenoxy) is 1. The fraction of sp³-hybridized carbons (Fsp3) is 0.350. The minimum atomic E-state index is -4.44. The van der Waals surface area contributed by atoms with E-state index in [0.717, 1.165) is 40.7 Å². The van der Waals surface area contributed by atoms with Crippen LogP contribution < -0.4 is 4.74 Å². The lowest BCUT2D eigenvalue weighted by atomic mass is 10.0. The quantitative estimate of drug-likeness (QED) is 0.496. The minimum absolute atomic E-state index is 0.0810. The third-order valence-electron chi connectivity index (χ3n) is 4.98. The number of aliphatic hydroxyl groups is 2. The van der Waals surface area contributed by atoms with E-state index in [0.29, 0.717) is 0 Å². The predicted molar refractivity (Wildman–Crippen MR) is 104 cm³/mol. The first kappa shape index (κ1) is 23.9. The molecule has 1 saturated heterocycles. The lowest BCUT2D eigenvalue weighted by molar-refractivity contribution is -0.127. The van der Waals surface area contributed by atoms with Crippen molar-refractivity contribution in [1.29, 1.82) is 0 Å². The second kappa shape index (κ2) is 8.67. The van der Waals surface area contributed by atoms with Crippen LogP contribution >= 0.6 is 0 Å². The molecule has 0 unspecified atom stereocenters. The Labute approximate surface area is 181 Å². The molecule has 0 aromatic heterocycles. The smallest absolute Gasteiger partial charge is 0.393 e. The largest absolute Gasteiger partial charge is 0.486 e. The molecule has 0 spiro atoms. The number of sulfonamides is 1. The van der Waals surface area contributed by atoms with Crippen molar-refractivity contribution in [2.45, 2.75) is 29.2 Å². The summed E-state index contributed by atoms with van der Waals surface area (Å²) in [6, 6.07) is 7.48. The van der Waals surface area contributed by atoms with E-state index in [9.17, 15) is 36.2 Å². The van der Waals surface area contributed by atoms with E-state index < -0.39 is 59.8 Å². The molecule has 0 bridgehead atoms. The van der Waals surface area contributed by atoms with Gasteiger partial charge in [-0.1, -0.05) is 12.1 Å². The van der Waals surface area contributed by atoms with Crippen molar-refractivity contribution >= 4 is 15.7 Å². The zero-order chi connectivity index (χ0) is 23.7. The van der Waals surface area contributed by atoms with Crippen molar-refractivity contribution in [1.82, 2.24) is 4.31 Å². The molecule has 172 valence electrons. The van der Waals surface area contributed by atoms with Gasteiger partial charge in [0.1, 0.15) is 23.3 Å². The summed E-state index contributed by atoms with van der Waals surface area (Å²) in [5, 5.41) is 20.3. The van der Waals surface area contributed by atoms with Gasteiger partial charge >= 0.3 is 6.18 Å². The van der Waals surface area contributed by atoms with Crippen molar-refractivity contribution in [2.75, 3.05) is 19.7 Å². The zero-order valence-corrected chi connectivity index (χ0v) is 17.2. The highest BCUT2D eigenvalue weighted by Gasteiger charge is 2.50. The Kier molecular flexibility index (Phi) is 6.48. The molecule has 0 amide bonds. The van der Waals surface area contributed by atoms with Crippen LogP contribution in [-0.4, -0.2) is 60.5 Å². The van der Waals surface area contributed by atoms with Crippen LogP contribution in [-0.2, 0) is 16.4 Å². The van der Waals surface area contributed by atoms with E-state index in [4.69, 9.17) is 11.3 Å². The third-order valence-corrected chi connectivity index (χ3v) is 6.80. The number of hydrogen-bond donors (Lipinski definition) is 2. The number of alkyl halides is 3. The van der Waals surface area contributed by atoms with E-state index in [-0.39, 0.29) is 21.9 Å². The van der Waals surface area contributed by atoms with Gasteiger partial charge in [-0.25, -0.2) is 17.7 Å². The number of rotatable bonds is 6. The van der Waals surface area contributed by atoms with Crippen LogP contribution in [0.2, 0.25) is 0 Å². The van der Waals surface area contributed by atoms with Crippen molar-refractivity contribution in [3.63, 3.8) is 0 Å². The predicted octanol–water partition coefficient (Wildman–Crippen LogP) is 2.66. The summed E-state index contributed by atoms with van der Waals surface area (Å²) >= 11 is 0. The molecule has 1 heterocycles. The SMILES string of the molecule is [C-]#[N+]c1ccc(O[C@H]2CN(S(=O)(=O)c3ccc(CC(F)(F)F)cc3)C[C@@]2(O)CO)cc1F. The van der Waals surface area contributed by atoms with Gasteiger partial charge in [0, 0.05) is 12.6 Å². The first-order valence-electron chi connectivity index (χ1n) is 9.21. The van der Waals surface area contributed by atoms with Crippen LogP contribution in [0.15, 0.2) is 47.4 Å². The number of hydrogen-bond acceptors (Lipinski definition) is 5. The highest BCUT2D eigenvalue weighted by atomic mass is 32.2. The first-order chi connectivity index (χ1) is 14.9. The molecule has 3 rings (SSSR count). The molecule has 1 fully saturated rings. The molecular weight excluding hydrogens is 456 g/mol. The molecule has 2 atom stereocenters. The molecule has 12 heteroatoms. The monoisotopic (exact) mass is 474 g/mol. The number of nitrogens with zero attached hydrogens (tertiary/aromatic N) is 2. The zero-order valence-electron chi connectivity index (χ0n) is 16.4. The van der Waals surface area contributed by atoms with Gasteiger partial charge < -0.3 is 14.9 Å². The van der Waals surface area contributed by atoms with Crippen LogP contribution in [0.25, 0.3) is 4.85 Å². The molecule has 32 heavy (non-hydrogen) atoms. The van der Waals surface area contributed by atoms with Crippen LogP contribution in [0.3, 0.4) is 0 Å². The summed E-state index contributed by atoms with van der Waals surface area (Å²) in [6.45, 7) is 5.02. The molecule has 0 radical (unpaired) electrons. The van der Waals surface area contributed by atoms with Gasteiger partial charge in [-0.3, -0.25) is 0 Å². The van der Waals surface area contributed by atoms with Crippen LogP contribution in [0.4, 0.5) is 23.2 Å². The average molecular weight is 474 g/mol. The Morgan fingerprint density at radius 1 is 1.22 bits per heavy atom. The van der Waals surface area contributed by atoms with E-state index in [1.165, 1.54) is 6.07 Å². The molecule has 2 N–H and O–H groups in total. The van der Waals surface area contributed by atoms with Crippen molar-refractivity contribution in [2.24, 2.45) is 0 Å². The normalized spacial score (nSPS) is 22.0. The summed E-state index contributed by atoms with van der Waals surface area (Å²) in [7, 11) is -4.24. The molecule has 0 aliphatic carbocycles. The summed E-state index contributed by atoms with van der Waals surface area (Å²) in [5.74, 6) is -0.950. The summed E-state index contributed by atoms with van der Waals surface area (Å²) in [5.41, 5.74) is -2.38. The number of halogens is 4. The number of aliphatic hydroxyl groups excluding tert-OH is 1. The maximum atomic E-state index is 13.8. The Morgan fingerprint density at radius 2 is 1.88 bits per heavy atom. The molecule has 1 aliphatic rings. The second-order valence-corrected chi connectivity index (χ2v) is 9.26. The van der Waals surface area contributed by atoms with Gasteiger partial charge in [0.25, 0.3) is 0 Å². The Morgan fingerprint density at radius 3 is 2.41 bits per heavy atom. The van der Waals surface area contributed by atoms with Gasteiger partial charge in [-0.2, -0.15) is 17.5 Å². The third kappa shape index (κ3) is 5.02. The number of benzene rings is 2. The lowest BCUT2D eigenvalue weighted by Gasteiger charge is -2.27. The summed E-state index contributed by atoms with van der Waals surface area (Å²) in [6.07, 6.45) is -6.92.